The number of hydrogen-bond acceptors (Lipinski definition) is 6. The van der Waals surface area contributed by atoms with E-state index in [4.69, 9.17) is 4.74 Å². The molecule has 2 N–H and O–H groups in total. The molecule has 0 radical (unpaired) electrons. The standard InChI is InChI=1S/C24H28N4O2/c29-21-3-1-2-17(14-21)18-4-9-23-22(15-18)24(26-16-25-23)27-19-5-7-20(8-6-19)28-10-12-30-13-11-28/h1-4,9,14-16,19-20,29H,5-8,10-13H2,(H,25,26,27)/t19-,20-. The summed E-state index contributed by atoms with van der Waals surface area (Å²) < 4.78 is 5.50. The van der Waals surface area contributed by atoms with Crippen molar-refractivity contribution in [3.05, 3.63) is 48.8 Å². The molecule has 30 heavy (non-hydrogen) atoms. The highest BCUT2D eigenvalue weighted by atomic mass is 16.5. The summed E-state index contributed by atoms with van der Waals surface area (Å²) in [4.78, 5) is 11.6. The summed E-state index contributed by atoms with van der Waals surface area (Å²) in [6.07, 6.45) is 6.38. The number of aromatic nitrogens is 2. The Morgan fingerprint density at radius 1 is 0.933 bits per heavy atom. The largest absolute Gasteiger partial charge is 0.508 e. The number of hydrogen-bond donors (Lipinski definition) is 2. The fraction of sp³-hybridized carbons (Fsp3) is 0.417. The van der Waals surface area contributed by atoms with Crippen LogP contribution in [0, 0.1) is 0 Å². The van der Waals surface area contributed by atoms with Crippen LogP contribution in [0.2, 0.25) is 0 Å². The second-order valence-electron chi connectivity index (χ2n) is 8.30. The van der Waals surface area contributed by atoms with Crippen LogP contribution in [0.3, 0.4) is 0 Å². The molecule has 1 saturated heterocycles. The van der Waals surface area contributed by atoms with Crippen molar-refractivity contribution in [1.29, 1.82) is 0 Å². The number of benzene rings is 2. The zero-order valence-electron chi connectivity index (χ0n) is 17.1. The van der Waals surface area contributed by atoms with Crippen LogP contribution in [0.4, 0.5) is 5.82 Å². The molecular formula is C24H28N4O2. The van der Waals surface area contributed by atoms with Gasteiger partial charge in [-0.2, -0.15) is 0 Å². The molecule has 1 aliphatic carbocycles. The monoisotopic (exact) mass is 404 g/mol. The Labute approximate surface area is 176 Å². The van der Waals surface area contributed by atoms with Crippen LogP contribution in [0.25, 0.3) is 22.0 Å². The van der Waals surface area contributed by atoms with Crippen LogP contribution in [-0.4, -0.2) is 58.4 Å². The minimum Gasteiger partial charge on any atom is -0.508 e. The summed E-state index contributed by atoms with van der Waals surface area (Å²) in [7, 11) is 0. The van der Waals surface area contributed by atoms with Gasteiger partial charge in [-0.05, 0) is 61.1 Å². The second kappa shape index (κ2) is 8.58. The van der Waals surface area contributed by atoms with Crippen molar-refractivity contribution in [1.82, 2.24) is 14.9 Å². The third-order valence-electron chi connectivity index (χ3n) is 6.41. The topological polar surface area (TPSA) is 70.5 Å². The minimum absolute atomic E-state index is 0.271. The number of nitrogens with zero attached hydrogens (tertiary/aromatic N) is 3. The summed E-state index contributed by atoms with van der Waals surface area (Å²) in [5.41, 5.74) is 2.96. The molecule has 2 fully saturated rings. The van der Waals surface area contributed by atoms with Gasteiger partial charge >= 0.3 is 0 Å². The van der Waals surface area contributed by atoms with Gasteiger partial charge in [0, 0.05) is 30.6 Å². The molecule has 1 aromatic heterocycles. The lowest BCUT2D eigenvalue weighted by Gasteiger charge is -2.39. The van der Waals surface area contributed by atoms with Crippen molar-refractivity contribution >= 4 is 16.7 Å². The van der Waals surface area contributed by atoms with E-state index >= 15 is 0 Å². The van der Waals surface area contributed by atoms with Crippen molar-refractivity contribution in [2.45, 2.75) is 37.8 Å². The van der Waals surface area contributed by atoms with Crippen molar-refractivity contribution in [2.24, 2.45) is 0 Å². The van der Waals surface area contributed by atoms with E-state index in [9.17, 15) is 5.11 Å². The molecule has 2 aliphatic rings. The third-order valence-corrected chi connectivity index (χ3v) is 6.41. The van der Waals surface area contributed by atoms with Gasteiger partial charge in [-0.1, -0.05) is 18.2 Å². The summed E-state index contributed by atoms with van der Waals surface area (Å²) in [5.74, 6) is 1.17. The van der Waals surface area contributed by atoms with E-state index in [1.807, 2.05) is 24.3 Å². The van der Waals surface area contributed by atoms with Crippen LogP contribution in [0.5, 0.6) is 5.75 Å². The molecule has 1 aliphatic heterocycles. The molecule has 3 aromatic rings. The summed E-state index contributed by atoms with van der Waals surface area (Å²) in [5, 5.41) is 14.5. The minimum atomic E-state index is 0.271. The number of nitrogens with one attached hydrogen (secondary N) is 1. The number of phenols is 1. The van der Waals surface area contributed by atoms with Gasteiger partial charge in [0.2, 0.25) is 0 Å². The van der Waals surface area contributed by atoms with Gasteiger partial charge < -0.3 is 15.2 Å². The highest BCUT2D eigenvalue weighted by molar-refractivity contribution is 5.92. The van der Waals surface area contributed by atoms with Crippen LogP contribution >= 0.6 is 0 Å². The number of aromatic hydroxyl groups is 1. The molecule has 6 heteroatoms. The SMILES string of the molecule is Oc1cccc(-c2ccc3ncnc(N[C@H]4CC[C@H](N5CCOCC5)CC4)c3c2)c1. The molecular weight excluding hydrogens is 376 g/mol. The molecule has 0 unspecified atom stereocenters. The highest BCUT2D eigenvalue weighted by Crippen LogP contribution is 2.31. The van der Waals surface area contributed by atoms with E-state index in [0.29, 0.717) is 12.1 Å². The first-order chi connectivity index (χ1) is 14.8. The van der Waals surface area contributed by atoms with Crippen molar-refractivity contribution in [3.8, 4) is 16.9 Å². The van der Waals surface area contributed by atoms with E-state index in [0.717, 1.165) is 67.0 Å². The number of phenolic OH excluding ortho intramolecular Hbond substituents is 1. The van der Waals surface area contributed by atoms with Crippen LogP contribution in [-0.2, 0) is 4.74 Å². The van der Waals surface area contributed by atoms with Crippen LogP contribution in [0.1, 0.15) is 25.7 Å². The third kappa shape index (κ3) is 4.11. The van der Waals surface area contributed by atoms with E-state index < -0.39 is 0 Å². The lowest BCUT2D eigenvalue weighted by molar-refractivity contribution is 0.00791. The molecule has 1 saturated carbocycles. The summed E-state index contributed by atoms with van der Waals surface area (Å²) in [6, 6.07) is 14.6. The normalized spacial score (nSPS) is 22.8. The average Bonchev–Trinajstić information content (AvgIpc) is 2.80. The maximum Gasteiger partial charge on any atom is 0.137 e. The fourth-order valence-corrected chi connectivity index (χ4v) is 4.76. The smallest absolute Gasteiger partial charge is 0.137 e. The predicted molar refractivity (Wildman–Crippen MR) is 119 cm³/mol. The van der Waals surface area contributed by atoms with Gasteiger partial charge in [0.05, 0.1) is 18.7 Å². The molecule has 0 atom stereocenters. The lowest BCUT2D eigenvalue weighted by Crippen LogP contribution is -2.46. The van der Waals surface area contributed by atoms with Gasteiger partial charge in [0.15, 0.2) is 0 Å². The van der Waals surface area contributed by atoms with Gasteiger partial charge in [0.25, 0.3) is 0 Å². The Morgan fingerprint density at radius 3 is 2.53 bits per heavy atom. The van der Waals surface area contributed by atoms with Gasteiger partial charge in [-0.3, -0.25) is 4.90 Å². The fourth-order valence-electron chi connectivity index (χ4n) is 4.76. The van der Waals surface area contributed by atoms with Crippen molar-refractivity contribution in [2.75, 3.05) is 31.6 Å². The van der Waals surface area contributed by atoms with Crippen molar-refractivity contribution in [3.63, 3.8) is 0 Å². The quantitative estimate of drug-likeness (QED) is 0.683. The Balaban J connectivity index is 1.32. The van der Waals surface area contributed by atoms with E-state index in [2.05, 4.69) is 26.3 Å². The summed E-state index contributed by atoms with van der Waals surface area (Å²) >= 11 is 0. The zero-order valence-corrected chi connectivity index (χ0v) is 17.1. The molecule has 156 valence electrons. The number of anilines is 1. The predicted octanol–water partition coefficient (Wildman–Crippen LogP) is 4.06. The number of rotatable bonds is 4. The maximum atomic E-state index is 9.83. The van der Waals surface area contributed by atoms with Crippen molar-refractivity contribution < 1.29 is 9.84 Å². The summed E-state index contributed by atoms with van der Waals surface area (Å²) in [6.45, 7) is 3.87. The average molecular weight is 405 g/mol. The molecule has 0 spiro atoms. The Bertz CT molecular complexity index is 1010. The van der Waals surface area contributed by atoms with E-state index in [1.165, 1.54) is 12.8 Å². The van der Waals surface area contributed by atoms with Gasteiger partial charge in [-0.15, -0.1) is 0 Å². The van der Waals surface area contributed by atoms with Crippen LogP contribution in [0.15, 0.2) is 48.8 Å². The highest BCUT2D eigenvalue weighted by Gasteiger charge is 2.27. The van der Waals surface area contributed by atoms with E-state index in [1.54, 1.807) is 18.5 Å². The molecule has 2 aromatic carbocycles. The maximum absolute atomic E-state index is 9.83. The molecule has 0 amide bonds. The molecule has 6 nitrogen and oxygen atoms in total. The molecule has 2 heterocycles. The first-order valence-corrected chi connectivity index (χ1v) is 10.9. The van der Waals surface area contributed by atoms with Gasteiger partial charge in [-0.25, -0.2) is 9.97 Å². The molecule has 5 rings (SSSR count). The van der Waals surface area contributed by atoms with Gasteiger partial charge in [0.1, 0.15) is 17.9 Å². The Morgan fingerprint density at radius 2 is 1.73 bits per heavy atom. The Hall–Kier alpha value is -2.70. The number of fused-ring (bicyclic) bond motifs is 1. The zero-order chi connectivity index (χ0) is 20.3. The molecule has 0 bridgehead atoms. The van der Waals surface area contributed by atoms with E-state index in [-0.39, 0.29) is 5.75 Å². The first kappa shape index (κ1) is 19.3. The number of ether oxygens (including phenoxy) is 1. The number of morpholine rings is 1. The first-order valence-electron chi connectivity index (χ1n) is 10.9. The second-order valence-corrected chi connectivity index (χ2v) is 8.30. The Kier molecular flexibility index (Phi) is 5.51. The van der Waals surface area contributed by atoms with Crippen LogP contribution < -0.4 is 5.32 Å². The lowest BCUT2D eigenvalue weighted by atomic mass is 9.90.